The molecule has 0 spiro atoms. The van der Waals surface area contributed by atoms with Gasteiger partial charge in [0.15, 0.2) is 11.5 Å². The van der Waals surface area contributed by atoms with Crippen LogP contribution in [-0.2, 0) is 6.54 Å². The number of carbonyl (C=O) groups excluding carboxylic acids is 1. The molecule has 1 atom stereocenters. The van der Waals surface area contributed by atoms with Crippen LogP contribution in [0.5, 0.6) is 17.2 Å². The zero-order valence-corrected chi connectivity index (χ0v) is 15.1. The van der Waals surface area contributed by atoms with Gasteiger partial charge in [-0.1, -0.05) is 18.2 Å². The van der Waals surface area contributed by atoms with Crippen LogP contribution in [-0.4, -0.2) is 36.8 Å². The van der Waals surface area contributed by atoms with Crippen LogP contribution in [0.4, 0.5) is 4.79 Å². The number of nitrogens with one attached hydrogen (secondary N) is 1. The molecule has 26 heavy (non-hydrogen) atoms. The van der Waals surface area contributed by atoms with Crippen LogP contribution < -0.4 is 14.8 Å². The smallest absolute Gasteiger partial charge is 0.318 e. The summed E-state index contributed by atoms with van der Waals surface area (Å²) >= 11 is 0. The van der Waals surface area contributed by atoms with Gasteiger partial charge in [0.1, 0.15) is 5.75 Å². The summed E-state index contributed by atoms with van der Waals surface area (Å²) in [7, 11) is 3.18. The van der Waals surface area contributed by atoms with Crippen molar-refractivity contribution in [1.82, 2.24) is 10.2 Å². The molecule has 0 radical (unpaired) electrons. The molecule has 2 N–H and O–H groups in total. The molecule has 1 aliphatic heterocycles. The first kappa shape index (κ1) is 17.9. The van der Waals surface area contributed by atoms with Crippen LogP contribution in [0.15, 0.2) is 42.5 Å². The number of phenols is 1. The maximum atomic E-state index is 12.7. The number of carbonyl (C=O) groups is 1. The van der Waals surface area contributed by atoms with E-state index < -0.39 is 0 Å². The summed E-state index contributed by atoms with van der Waals surface area (Å²) in [6, 6.07) is 12.6. The van der Waals surface area contributed by atoms with Crippen LogP contribution >= 0.6 is 0 Å². The Kier molecular flexibility index (Phi) is 5.51. The van der Waals surface area contributed by atoms with Gasteiger partial charge in [0.25, 0.3) is 0 Å². The van der Waals surface area contributed by atoms with Crippen LogP contribution in [0.25, 0.3) is 0 Å². The minimum atomic E-state index is -0.0876. The van der Waals surface area contributed by atoms with Crippen molar-refractivity contribution < 1.29 is 19.4 Å². The fourth-order valence-electron chi connectivity index (χ4n) is 3.32. The molecule has 0 aromatic heterocycles. The number of nitrogens with zero attached hydrogens (tertiary/aromatic N) is 1. The largest absolute Gasteiger partial charge is 0.508 e. The average Bonchev–Trinajstić information content (AvgIpc) is 3.16. The molecular weight excluding hydrogens is 332 g/mol. The Morgan fingerprint density at radius 2 is 1.88 bits per heavy atom. The molecule has 0 unspecified atom stereocenters. The van der Waals surface area contributed by atoms with Gasteiger partial charge in [-0.2, -0.15) is 0 Å². The normalized spacial score (nSPS) is 16.4. The zero-order valence-electron chi connectivity index (χ0n) is 15.1. The third kappa shape index (κ3) is 3.85. The lowest BCUT2D eigenvalue weighted by Gasteiger charge is -2.25. The summed E-state index contributed by atoms with van der Waals surface area (Å²) in [6.45, 7) is 1.14. The predicted molar refractivity (Wildman–Crippen MR) is 98.6 cm³/mol. The van der Waals surface area contributed by atoms with Crippen LogP contribution in [0.2, 0.25) is 0 Å². The number of phenolic OH excluding ortho intramolecular Hbond substituents is 1. The summed E-state index contributed by atoms with van der Waals surface area (Å²) in [5.74, 6) is 1.54. The number of aromatic hydroxyl groups is 1. The van der Waals surface area contributed by atoms with E-state index in [1.54, 1.807) is 26.4 Å². The Morgan fingerprint density at radius 3 is 2.58 bits per heavy atom. The van der Waals surface area contributed by atoms with Gasteiger partial charge < -0.3 is 24.8 Å². The van der Waals surface area contributed by atoms with E-state index in [4.69, 9.17) is 9.47 Å². The minimum absolute atomic E-state index is 0.0426. The van der Waals surface area contributed by atoms with Gasteiger partial charge in [0, 0.05) is 13.1 Å². The number of rotatable bonds is 5. The predicted octanol–water partition coefficient (Wildman–Crippen LogP) is 3.46. The van der Waals surface area contributed by atoms with Crippen molar-refractivity contribution in [3.8, 4) is 17.2 Å². The molecule has 2 amide bonds. The Labute approximate surface area is 153 Å². The minimum Gasteiger partial charge on any atom is -0.508 e. The molecule has 1 fully saturated rings. The Bertz CT molecular complexity index is 761. The van der Waals surface area contributed by atoms with Gasteiger partial charge in [0.2, 0.25) is 0 Å². The van der Waals surface area contributed by atoms with Crippen molar-refractivity contribution in [3.63, 3.8) is 0 Å². The van der Waals surface area contributed by atoms with Gasteiger partial charge in [-0.3, -0.25) is 0 Å². The van der Waals surface area contributed by atoms with Crippen molar-refractivity contribution in [2.45, 2.75) is 25.4 Å². The molecule has 2 aromatic carbocycles. The topological polar surface area (TPSA) is 71.0 Å². The number of hydrogen-bond acceptors (Lipinski definition) is 4. The number of likely N-dealkylation sites (tertiary alicyclic amines) is 1. The molecule has 1 aliphatic rings. The first-order chi connectivity index (χ1) is 12.6. The van der Waals surface area contributed by atoms with E-state index in [9.17, 15) is 9.90 Å². The van der Waals surface area contributed by atoms with E-state index in [2.05, 4.69) is 5.32 Å². The Morgan fingerprint density at radius 1 is 1.15 bits per heavy atom. The zero-order chi connectivity index (χ0) is 18.5. The second-order valence-corrected chi connectivity index (χ2v) is 6.29. The SMILES string of the molecule is COc1ccc(CNC(=O)N2CCC[C@H]2c2ccc(O)cc2)cc1OC. The fourth-order valence-corrected chi connectivity index (χ4v) is 3.32. The average molecular weight is 356 g/mol. The van der Waals surface area contributed by atoms with E-state index in [0.29, 0.717) is 18.0 Å². The van der Waals surface area contributed by atoms with E-state index in [1.807, 2.05) is 35.2 Å². The van der Waals surface area contributed by atoms with Crippen LogP contribution in [0, 0.1) is 0 Å². The molecule has 1 heterocycles. The summed E-state index contributed by atoms with van der Waals surface area (Å²) in [6.07, 6.45) is 1.89. The van der Waals surface area contributed by atoms with Gasteiger partial charge in [-0.05, 0) is 48.2 Å². The molecule has 0 aliphatic carbocycles. The molecule has 2 aromatic rings. The Balaban J connectivity index is 1.65. The summed E-state index contributed by atoms with van der Waals surface area (Å²) in [5.41, 5.74) is 1.98. The van der Waals surface area contributed by atoms with E-state index in [1.165, 1.54) is 0 Å². The summed E-state index contributed by atoms with van der Waals surface area (Å²) in [5, 5.41) is 12.4. The molecule has 6 heteroatoms. The molecule has 138 valence electrons. The Hall–Kier alpha value is -2.89. The first-order valence-corrected chi connectivity index (χ1v) is 8.66. The molecule has 0 saturated carbocycles. The standard InChI is InChI=1S/C20H24N2O4/c1-25-18-10-5-14(12-19(18)26-2)13-21-20(24)22-11-3-4-17(22)15-6-8-16(23)9-7-15/h5-10,12,17,23H,3-4,11,13H2,1-2H3,(H,21,24)/t17-/m0/s1. The van der Waals surface area contributed by atoms with Crippen LogP contribution in [0.3, 0.4) is 0 Å². The monoisotopic (exact) mass is 356 g/mol. The second-order valence-electron chi connectivity index (χ2n) is 6.29. The van der Waals surface area contributed by atoms with Gasteiger partial charge in [0.05, 0.1) is 20.3 Å². The van der Waals surface area contributed by atoms with Crippen molar-refractivity contribution in [1.29, 1.82) is 0 Å². The van der Waals surface area contributed by atoms with Gasteiger partial charge in [-0.25, -0.2) is 4.79 Å². The highest BCUT2D eigenvalue weighted by molar-refractivity contribution is 5.75. The fraction of sp³-hybridized carbons (Fsp3) is 0.350. The van der Waals surface area contributed by atoms with E-state index in [0.717, 1.165) is 30.5 Å². The van der Waals surface area contributed by atoms with Crippen molar-refractivity contribution in [2.24, 2.45) is 0 Å². The van der Waals surface area contributed by atoms with E-state index >= 15 is 0 Å². The highest BCUT2D eigenvalue weighted by Gasteiger charge is 2.29. The van der Waals surface area contributed by atoms with Gasteiger partial charge in [-0.15, -0.1) is 0 Å². The third-order valence-corrected chi connectivity index (χ3v) is 4.68. The highest BCUT2D eigenvalue weighted by atomic mass is 16.5. The summed E-state index contributed by atoms with van der Waals surface area (Å²) in [4.78, 5) is 14.5. The molecular formula is C20H24N2O4. The third-order valence-electron chi connectivity index (χ3n) is 4.68. The van der Waals surface area contributed by atoms with Crippen molar-refractivity contribution in [3.05, 3.63) is 53.6 Å². The number of methoxy groups -OCH3 is 2. The van der Waals surface area contributed by atoms with E-state index in [-0.39, 0.29) is 17.8 Å². The molecule has 6 nitrogen and oxygen atoms in total. The lowest BCUT2D eigenvalue weighted by atomic mass is 10.0. The summed E-state index contributed by atoms with van der Waals surface area (Å²) < 4.78 is 10.5. The number of hydrogen-bond donors (Lipinski definition) is 2. The van der Waals surface area contributed by atoms with Crippen molar-refractivity contribution in [2.75, 3.05) is 20.8 Å². The van der Waals surface area contributed by atoms with Crippen LogP contribution in [0.1, 0.15) is 30.0 Å². The quantitative estimate of drug-likeness (QED) is 0.861. The van der Waals surface area contributed by atoms with Crippen molar-refractivity contribution >= 4 is 6.03 Å². The maximum Gasteiger partial charge on any atom is 0.318 e. The molecule has 0 bridgehead atoms. The lowest BCUT2D eigenvalue weighted by Crippen LogP contribution is -2.39. The molecule has 3 rings (SSSR count). The lowest BCUT2D eigenvalue weighted by molar-refractivity contribution is 0.192. The highest BCUT2D eigenvalue weighted by Crippen LogP contribution is 2.32. The molecule has 1 saturated heterocycles. The van der Waals surface area contributed by atoms with Gasteiger partial charge >= 0.3 is 6.03 Å². The number of amides is 2. The number of benzene rings is 2. The number of urea groups is 1. The number of ether oxygens (including phenoxy) is 2. The first-order valence-electron chi connectivity index (χ1n) is 8.66. The maximum absolute atomic E-state index is 12.7. The second kappa shape index (κ2) is 7.99.